The number of anilines is 1. The number of aromatic nitrogens is 3. The average Bonchev–Trinajstić information content (AvgIpc) is 2.73. The van der Waals surface area contributed by atoms with E-state index in [-0.39, 0.29) is 17.2 Å². The van der Waals surface area contributed by atoms with Crippen LogP contribution in [-0.4, -0.2) is 26.3 Å². The van der Waals surface area contributed by atoms with Crippen molar-refractivity contribution in [1.82, 2.24) is 15.0 Å². The molecule has 0 radical (unpaired) electrons. The fourth-order valence-electron chi connectivity index (χ4n) is 1.97. The Morgan fingerprint density at radius 3 is 2.67 bits per heavy atom. The summed E-state index contributed by atoms with van der Waals surface area (Å²) in [7, 11) is 0. The Labute approximate surface area is 128 Å². The van der Waals surface area contributed by atoms with Crippen LogP contribution in [0.15, 0.2) is 30.7 Å². The summed E-state index contributed by atoms with van der Waals surface area (Å²) in [6, 6.07) is 3.07. The third-order valence-electron chi connectivity index (χ3n) is 2.78. The van der Waals surface area contributed by atoms with Crippen LogP contribution in [-0.2, 0) is 4.74 Å². The number of carbonyl (C=O) groups excluding carboxylic acids is 2. The van der Waals surface area contributed by atoms with Gasteiger partial charge in [0.1, 0.15) is 11.5 Å². The van der Waals surface area contributed by atoms with Crippen LogP contribution in [0.2, 0.25) is 5.02 Å². The highest BCUT2D eigenvalue weighted by Gasteiger charge is 2.43. The summed E-state index contributed by atoms with van der Waals surface area (Å²) in [5, 5.41) is 0.407. The van der Waals surface area contributed by atoms with Gasteiger partial charge >= 0.3 is 5.43 Å². The second-order valence-electron chi connectivity index (χ2n) is 4.01. The zero-order chi connectivity index (χ0) is 15.0. The number of amides is 1. The van der Waals surface area contributed by atoms with E-state index in [0.29, 0.717) is 5.02 Å². The molecule has 0 fully saturated rings. The van der Waals surface area contributed by atoms with Crippen LogP contribution in [0.25, 0.3) is 0 Å². The summed E-state index contributed by atoms with van der Waals surface area (Å²) in [6.07, 6.45) is 3.02. The van der Waals surface area contributed by atoms with Gasteiger partial charge in [-0.2, -0.15) is 0 Å². The number of pyridine rings is 1. The first-order valence-electron chi connectivity index (χ1n) is 5.70. The van der Waals surface area contributed by atoms with E-state index in [1.54, 1.807) is 6.07 Å². The molecule has 1 amide bonds. The lowest BCUT2D eigenvalue weighted by Crippen LogP contribution is -2.30. The van der Waals surface area contributed by atoms with Gasteiger partial charge in [-0.3, -0.25) is 9.78 Å². The van der Waals surface area contributed by atoms with Crippen LogP contribution in [0.1, 0.15) is 22.4 Å². The van der Waals surface area contributed by atoms with E-state index in [2.05, 4.69) is 15.0 Å². The minimum Gasteiger partial charge on any atom is -0.423 e. The van der Waals surface area contributed by atoms with Gasteiger partial charge in [0.2, 0.25) is 6.23 Å². The Balaban J connectivity index is 2.08. The number of halogens is 2. The molecular weight excluding hydrogens is 319 g/mol. The van der Waals surface area contributed by atoms with Crippen LogP contribution < -0.4 is 4.90 Å². The van der Waals surface area contributed by atoms with Crippen LogP contribution in [0, 0.1) is 0 Å². The van der Waals surface area contributed by atoms with E-state index in [1.807, 2.05) is 0 Å². The number of hydrogen-bond acceptors (Lipinski definition) is 6. The van der Waals surface area contributed by atoms with Crippen LogP contribution in [0.5, 0.6) is 0 Å². The quantitative estimate of drug-likeness (QED) is 0.789. The first-order valence-corrected chi connectivity index (χ1v) is 6.45. The monoisotopic (exact) mass is 324 g/mol. The van der Waals surface area contributed by atoms with Gasteiger partial charge in [-0.25, -0.2) is 19.7 Å². The molecule has 9 heteroatoms. The fraction of sp³-hybridized carbons (Fsp3) is 0.0833. The molecule has 0 saturated carbocycles. The van der Waals surface area contributed by atoms with E-state index >= 15 is 0 Å². The highest BCUT2D eigenvalue weighted by Crippen LogP contribution is 2.35. The van der Waals surface area contributed by atoms with E-state index in [1.165, 1.54) is 24.7 Å². The molecule has 0 aromatic carbocycles. The minimum absolute atomic E-state index is 0.0807. The highest BCUT2D eigenvalue weighted by molar-refractivity contribution is 6.61. The van der Waals surface area contributed by atoms with Crippen molar-refractivity contribution in [2.24, 2.45) is 0 Å². The van der Waals surface area contributed by atoms with Gasteiger partial charge in [-0.1, -0.05) is 11.6 Å². The third-order valence-corrected chi connectivity index (χ3v) is 3.09. The maximum Gasteiger partial charge on any atom is 0.406 e. The summed E-state index contributed by atoms with van der Waals surface area (Å²) < 4.78 is 4.96. The second kappa shape index (κ2) is 5.27. The highest BCUT2D eigenvalue weighted by atomic mass is 35.5. The van der Waals surface area contributed by atoms with Crippen molar-refractivity contribution in [3.8, 4) is 0 Å². The Hall–Kier alpha value is -2.25. The summed E-state index contributed by atoms with van der Waals surface area (Å²) in [6.45, 7) is 0. The smallest absolute Gasteiger partial charge is 0.406 e. The zero-order valence-electron chi connectivity index (χ0n) is 10.2. The van der Waals surface area contributed by atoms with E-state index in [4.69, 9.17) is 27.9 Å². The topological polar surface area (TPSA) is 85.3 Å². The lowest BCUT2D eigenvalue weighted by atomic mass is 10.3. The molecule has 1 unspecified atom stereocenters. The van der Waals surface area contributed by atoms with Gasteiger partial charge in [0.15, 0.2) is 5.69 Å². The first-order chi connectivity index (χ1) is 10.1. The van der Waals surface area contributed by atoms with Crippen molar-refractivity contribution in [2.45, 2.75) is 6.23 Å². The number of rotatable bonds is 2. The third kappa shape index (κ3) is 2.41. The zero-order valence-corrected chi connectivity index (χ0v) is 11.7. The van der Waals surface area contributed by atoms with Gasteiger partial charge in [0.05, 0.1) is 5.02 Å². The average molecular weight is 325 g/mol. The molecule has 0 bridgehead atoms. The SMILES string of the molecule is O=C(Cl)OC1c2nccnc2C(=O)N1c1ccc(Cl)cn1. The lowest BCUT2D eigenvalue weighted by Gasteiger charge is -2.22. The Morgan fingerprint density at radius 1 is 1.24 bits per heavy atom. The predicted octanol–water partition coefficient (Wildman–Crippen LogP) is 2.56. The van der Waals surface area contributed by atoms with Gasteiger partial charge < -0.3 is 4.74 Å². The van der Waals surface area contributed by atoms with Crippen molar-refractivity contribution in [1.29, 1.82) is 0 Å². The molecule has 0 saturated heterocycles. The molecule has 7 nitrogen and oxygen atoms in total. The molecule has 3 rings (SSSR count). The molecule has 21 heavy (non-hydrogen) atoms. The molecule has 2 aromatic heterocycles. The Morgan fingerprint density at radius 2 is 2.00 bits per heavy atom. The van der Waals surface area contributed by atoms with Crippen molar-refractivity contribution in [2.75, 3.05) is 4.90 Å². The van der Waals surface area contributed by atoms with Crippen molar-refractivity contribution in [3.05, 3.63) is 47.1 Å². The van der Waals surface area contributed by atoms with Crippen molar-refractivity contribution in [3.63, 3.8) is 0 Å². The predicted molar refractivity (Wildman–Crippen MR) is 73.2 cm³/mol. The maximum absolute atomic E-state index is 12.4. The standard InChI is InChI=1S/C12H6Cl2N4O3/c13-6-1-2-7(17-5-6)18-10(19)8-9(16-4-3-15-8)11(18)21-12(14)20/h1-5,11H. The number of ether oxygens (including phenoxy) is 1. The largest absolute Gasteiger partial charge is 0.423 e. The van der Waals surface area contributed by atoms with Gasteiger partial charge in [0, 0.05) is 30.2 Å². The lowest BCUT2D eigenvalue weighted by molar-refractivity contribution is 0.0892. The molecule has 1 aliphatic heterocycles. The van der Waals surface area contributed by atoms with Gasteiger partial charge in [-0.15, -0.1) is 0 Å². The molecule has 0 aliphatic carbocycles. The maximum atomic E-state index is 12.4. The normalized spacial score (nSPS) is 16.8. The summed E-state index contributed by atoms with van der Waals surface area (Å²) in [4.78, 5) is 36.6. The van der Waals surface area contributed by atoms with Crippen LogP contribution in [0.3, 0.4) is 0 Å². The number of hydrogen-bond donors (Lipinski definition) is 0. The molecule has 0 spiro atoms. The number of nitrogens with zero attached hydrogens (tertiary/aromatic N) is 4. The van der Waals surface area contributed by atoms with E-state index in [9.17, 15) is 9.59 Å². The molecule has 1 aliphatic rings. The Bertz CT molecular complexity index is 723. The van der Waals surface area contributed by atoms with Gasteiger partial charge in [-0.05, 0) is 12.1 Å². The fourth-order valence-corrected chi connectivity index (χ4v) is 2.16. The van der Waals surface area contributed by atoms with Crippen molar-refractivity contribution < 1.29 is 14.3 Å². The molecule has 1 atom stereocenters. The number of fused-ring (bicyclic) bond motifs is 1. The van der Waals surface area contributed by atoms with Crippen molar-refractivity contribution >= 4 is 40.4 Å². The summed E-state index contributed by atoms with van der Waals surface area (Å²) in [5.74, 6) is -0.247. The second-order valence-corrected chi connectivity index (χ2v) is 4.75. The number of carbonyl (C=O) groups is 2. The Kier molecular flexibility index (Phi) is 3.44. The summed E-state index contributed by atoms with van der Waals surface area (Å²) >= 11 is 11.0. The molecule has 3 heterocycles. The molecule has 2 aromatic rings. The molecular formula is C12H6Cl2N4O3. The molecule has 106 valence electrons. The first kappa shape index (κ1) is 13.7. The molecule has 0 N–H and O–H groups in total. The summed E-state index contributed by atoms with van der Waals surface area (Å²) in [5.41, 5.74) is -0.782. The van der Waals surface area contributed by atoms with Crippen LogP contribution >= 0.6 is 23.2 Å². The van der Waals surface area contributed by atoms with Gasteiger partial charge in [0.25, 0.3) is 5.91 Å². The van der Waals surface area contributed by atoms with E-state index in [0.717, 1.165) is 4.90 Å². The van der Waals surface area contributed by atoms with E-state index < -0.39 is 17.6 Å². The minimum atomic E-state index is -1.11. The van der Waals surface area contributed by atoms with Crippen LogP contribution in [0.4, 0.5) is 10.6 Å².